The second-order valence-electron chi connectivity index (χ2n) is 2.62. The zero-order valence-electron chi connectivity index (χ0n) is 7.09. The molecule has 0 aliphatic heterocycles. The van der Waals surface area contributed by atoms with Crippen molar-refractivity contribution in [1.29, 1.82) is 0 Å². The van der Waals surface area contributed by atoms with Crippen molar-refractivity contribution in [3.05, 3.63) is 0 Å². The molecule has 0 saturated carbocycles. The van der Waals surface area contributed by atoms with Crippen LogP contribution in [0.3, 0.4) is 0 Å². The predicted octanol–water partition coefficient (Wildman–Crippen LogP) is -1.68. The molecule has 0 heterocycles. The summed E-state index contributed by atoms with van der Waals surface area (Å²) in [5.41, 5.74) is 7.48. The molecule has 7 N–H and O–H groups in total. The molecule has 4 heteroatoms. The number of aliphatic hydroxyl groups is 1. The highest BCUT2D eigenvalue weighted by Gasteiger charge is 2.03. The van der Waals surface area contributed by atoms with Gasteiger partial charge in [0.1, 0.15) is 6.79 Å². The second-order valence-corrected chi connectivity index (χ2v) is 2.62. The summed E-state index contributed by atoms with van der Waals surface area (Å²) in [6, 6.07) is 0. The minimum absolute atomic E-state index is 0.0511. The molecule has 0 bridgehead atoms. The van der Waals surface area contributed by atoms with Crippen molar-refractivity contribution >= 4 is 0 Å². The van der Waals surface area contributed by atoms with Crippen molar-refractivity contribution < 1.29 is 21.3 Å². The zero-order valence-corrected chi connectivity index (χ0v) is 7.09. The van der Waals surface area contributed by atoms with Gasteiger partial charge in [-0.25, -0.2) is 0 Å². The SMILES string of the molecule is [NH3+]CCCCCC([NH3+])OCO. The van der Waals surface area contributed by atoms with E-state index >= 15 is 0 Å². The van der Waals surface area contributed by atoms with E-state index in [4.69, 9.17) is 9.84 Å². The number of aliphatic hydroxyl groups excluding tert-OH is 1. The fourth-order valence-electron chi connectivity index (χ4n) is 0.914. The maximum Gasteiger partial charge on any atom is 0.191 e. The van der Waals surface area contributed by atoms with Crippen LogP contribution in [0.15, 0.2) is 0 Å². The Bertz CT molecular complexity index is 80.8. The van der Waals surface area contributed by atoms with Gasteiger partial charge in [0.2, 0.25) is 0 Å². The van der Waals surface area contributed by atoms with Crippen LogP contribution < -0.4 is 11.5 Å². The van der Waals surface area contributed by atoms with Gasteiger partial charge in [-0.05, 0) is 19.3 Å². The third kappa shape index (κ3) is 7.74. The number of unbranched alkanes of at least 4 members (excludes halogenated alkanes) is 2. The van der Waals surface area contributed by atoms with Crippen molar-refractivity contribution in [3.63, 3.8) is 0 Å². The lowest BCUT2D eigenvalue weighted by Gasteiger charge is -2.06. The Morgan fingerprint density at radius 1 is 1.27 bits per heavy atom. The molecule has 0 aliphatic carbocycles. The molecule has 0 fully saturated rings. The molecule has 68 valence electrons. The van der Waals surface area contributed by atoms with Crippen LogP contribution in [0.1, 0.15) is 25.7 Å². The molecule has 1 unspecified atom stereocenters. The molecule has 0 aromatic carbocycles. The number of quaternary nitrogens is 2. The molecule has 4 nitrogen and oxygen atoms in total. The van der Waals surface area contributed by atoms with Gasteiger partial charge < -0.3 is 21.3 Å². The van der Waals surface area contributed by atoms with E-state index in [0.717, 1.165) is 19.4 Å². The highest BCUT2D eigenvalue weighted by atomic mass is 16.6. The van der Waals surface area contributed by atoms with Crippen LogP contribution in [-0.4, -0.2) is 24.7 Å². The molecule has 0 amide bonds. The second kappa shape index (κ2) is 7.94. The van der Waals surface area contributed by atoms with Gasteiger partial charge in [-0.3, -0.25) is 0 Å². The largest absolute Gasteiger partial charge is 0.370 e. The minimum atomic E-state index is -0.219. The van der Waals surface area contributed by atoms with Gasteiger partial charge in [-0.15, -0.1) is 0 Å². The van der Waals surface area contributed by atoms with Crippen molar-refractivity contribution in [3.8, 4) is 0 Å². The summed E-state index contributed by atoms with van der Waals surface area (Å²) in [4.78, 5) is 0. The first-order valence-electron chi connectivity index (χ1n) is 4.16. The Balaban J connectivity index is 2.97. The van der Waals surface area contributed by atoms with Gasteiger partial charge >= 0.3 is 0 Å². The molecule has 11 heavy (non-hydrogen) atoms. The monoisotopic (exact) mass is 164 g/mol. The molecule has 0 aliphatic rings. The fraction of sp³-hybridized carbons (Fsp3) is 1.00. The van der Waals surface area contributed by atoms with Crippen LogP contribution in [0.2, 0.25) is 0 Å². The van der Waals surface area contributed by atoms with Crippen LogP contribution in [0.4, 0.5) is 0 Å². The van der Waals surface area contributed by atoms with E-state index < -0.39 is 0 Å². The van der Waals surface area contributed by atoms with Gasteiger partial charge in [0, 0.05) is 6.42 Å². The van der Waals surface area contributed by atoms with Crippen LogP contribution in [0, 0.1) is 0 Å². The Labute approximate surface area is 67.5 Å². The first-order chi connectivity index (χ1) is 5.31. The summed E-state index contributed by atoms with van der Waals surface area (Å²) in [6.45, 7) is 0.784. The van der Waals surface area contributed by atoms with Crippen molar-refractivity contribution in [2.45, 2.75) is 31.9 Å². The van der Waals surface area contributed by atoms with Crippen LogP contribution in [-0.2, 0) is 4.74 Å². The van der Waals surface area contributed by atoms with E-state index in [1.165, 1.54) is 12.8 Å². The summed E-state index contributed by atoms with van der Waals surface area (Å²) < 4.78 is 4.85. The predicted molar refractivity (Wildman–Crippen MR) is 41.1 cm³/mol. The summed E-state index contributed by atoms with van der Waals surface area (Å²) in [5, 5.41) is 8.37. The average molecular weight is 164 g/mol. The molecule has 0 aromatic rings. The van der Waals surface area contributed by atoms with E-state index in [9.17, 15) is 0 Å². The lowest BCUT2D eigenvalue weighted by Crippen LogP contribution is -2.62. The highest BCUT2D eigenvalue weighted by Crippen LogP contribution is 2.00. The molecule has 0 rings (SSSR count). The van der Waals surface area contributed by atoms with Gasteiger partial charge in [-0.1, -0.05) is 0 Å². The van der Waals surface area contributed by atoms with Gasteiger partial charge in [0.05, 0.1) is 6.54 Å². The average Bonchev–Trinajstić information content (AvgIpc) is 1.99. The first-order valence-corrected chi connectivity index (χ1v) is 4.16. The highest BCUT2D eigenvalue weighted by molar-refractivity contribution is 4.43. The zero-order chi connectivity index (χ0) is 8.53. The maximum atomic E-state index is 8.37. The standard InChI is InChI=1S/C7H18N2O2/c8-5-3-1-2-4-7(9)11-6-10/h7,10H,1-6,8-9H2/p+2. The van der Waals surface area contributed by atoms with Crippen LogP contribution in [0.25, 0.3) is 0 Å². The Kier molecular flexibility index (Phi) is 7.83. The number of ether oxygens (including phenoxy) is 1. The van der Waals surface area contributed by atoms with E-state index in [1.54, 1.807) is 0 Å². The smallest absolute Gasteiger partial charge is 0.191 e. The van der Waals surface area contributed by atoms with Crippen molar-refractivity contribution in [2.75, 3.05) is 13.3 Å². The summed E-state index contributed by atoms with van der Waals surface area (Å²) in [6.07, 6.45) is 4.35. The van der Waals surface area contributed by atoms with Crippen LogP contribution >= 0.6 is 0 Å². The summed E-state index contributed by atoms with van der Waals surface area (Å²) in [7, 11) is 0. The lowest BCUT2D eigenvalue weighted by atomic mass is 10.2. The Morgan fingerprint density at radius 2 is 2.00 bits per heavy atom. The first kappa shape index (κ1) is 10.8. The topological polar surface area (TPSA) is 84.7 Å². The van der Waals surface area contributed by atoms with Crippen molar-refractivity contribution in [2.24, 2.45) is 0 Å². The molecule has 0 saturated heterocycles. The molecule has 0 spiro atoms. The Hall–Kier alpha value is -0.160. The third-order valence-corrected chi connectivity index (χ3v) is 1.59. The summed E-state index contributed by atoms with van der Waals surface area (Å²) in [5.74, 6) is 0. The summed E-state index contributed by atoms with van der Waals surface area (Å²) >= 11 is 0. The van der Waals surface area contributed by atoms with E-state index in [2.05, 4.69) is 11.5 Å². The Morgan fingerprint density at radius 3 is 2.55 bits per heavy atom. The van der Waals surface area contributed by atoms with E-state index in [0.29, 0.717) is 0 Å². The van der Waals surface area contributed by atoms with E-state index in [-0.39, 0.29) is 13.0 Å². The van der Waals surface area contributed by atoms with Crippen LogP contribution in [0.5, 0.6) is 0 Å². The molecular formula is C7H20N2O2+2. The molecule has 1 atom stereocenters. The quantitative estimate of drug-likeness (QED) is 0.310. The maximum absolute atomic E-state index is 8.37. The number of hydrogen-bond donors (Lipinski definition) is 3. The molecule has 0 aromatic heterocycles. The van der Waals surface area contributed by atoms with Crippen molar-refractivity contribution in [1.82, 2.24) is 0 Å². The third-order valence-electron chi connectivity index (χ3n) is 1.59. The molecule has 0 radical (unpaired) electrons. The number of hydrogen-bond acceptors (Lipinski definition) is 2. The fourth-order valence-corrected chi connectivity index (χ4v) is 0.914. The minimum Gasteiger partial charge on any atom is -0.370 e. The van der Waals surface area contributed by atoms with Gasteiger partial charge in [0.25, 0.3) is 0 Å². The van der Waals surface area contributed by atoms with Gasteiger partial charge in [-0.2, -0.15) is 0 Å². The van der Waals surface area contributed by atoms with Gasteiger partial charge in [0.15, 0.2) is 6.23 Å². The normalized spacial score (nSPS) is 13.4. The number of rotatable bonds is 7. The van der Waals surface area contributed by atoms with E-state index in [1.807, 2.05) is 0 Å². The molecular weight excluding hydrogens is 144 g/mol. The lowest BCUT2D eigenvalue weighted by molar-refractivity contribution is -0.498.